The Labute approximate surface area is 89.1 Å². The van der Waals surface area contributed by atoms with Crippen LogP contribution < -0.4 is 16.6 Å². The number of carbonyl (C=O) groups excluding carboxylic acids is 2. The summed E-state index contributed by atoms with van der Waals surface area (Å²) in [6, 6.07) is 0.299. The molecule has 0 spiro atoms. The molecule has 0 saturated carbocycles. The fourth-order valence-corrected chi connectivity index (χ4v) is 1.75. The molecule has 1 heterocycles. The zero-order chi connectivity index (χ0) is 11.3. The first-order valence-corrected chi connectivity index (χ1v) is 5.13. The van der Waals surface area contributed by atoms with Crippen LogP contribution in [0.2, 0.25) is 0 Å². The third-order valence-corrected chi connectivity index (χ3v) is 2.50. The summed E-state index contributed by atoms with van der Waals surface area (Å²) in [5, 5.41) is 0. The monoisotopic (exact) mass is 214 g/mol. The lowest BCUT2D eigenvalue weighted by Gasteiger charge is -2.22. The van der Waals surface area contributed by atoms with Gasteiger partial charge in [-0.3, -0.25) is 25.3 Å². The van der Waals surface area contributed by atoms with E-state index in [0.717, 1.165) is 19.4 Å². The standard InChI is InChI=1S/C9H18N4O2/c1-7(14)11-12-9(15)6-13-4-2-3-8(13)5-10/h8H,2-6,10H2,1H3,(H,11,14)(H,12,15). The highest BCUT2D eigenvalue weighted by atomic mass is 16.2. The van der Waals surface area contributed by atoms with Gasteiger partial charge in [-0.1, -0.05) is 0 Å². The molecule has 1 atom stereocenters. The van der Waals surface area contributed by atoms with Crippen molar-refractivity contribution in [3.63, 3.8) is 0 Å². The predicted molar refractivity (Wildman–Crippen MR) is 55.6 cm³/mol. The molecule has 15 heavy (non-hydrogen) atoms. The molecule has 0 aliphatic carbocycles. The number of likely N-dealkylation sites (tertiary alicyclic amines) is 1. The highest BCUT2D eigenvalue weighted by Crippen LogP contribution is 2.14. The van der Waals surface area contributed by atoms with Gasteiger partial charge in [0.1, 0.15) is 0 Å². The van der Waals surface area contributed by atoms with Gasteiger partial charge in [-0.25, -0.2) is 0 Å². The lowest BCUT2D eigenvalue weighted by atomic mass is 10.2. The highest BCUT2D eigenvalue weighted by Gasteiger charge is 2.24. The molecule has 1 unspecified atom stereocenters. The van der Waals surface area contributed by atoms with Crippen molar-refractivity contribution in [1.82, 2.24) is 15.8 Å². The summed E-state index contributed by atoms with van der Waals surface area (Å²) in [5.74, 6) is -0.481. The fourth-order valence-electron chi connectivity index (χ4n) is 1.75. The van der Waals surface area contributed by atoms with Crippen LogP contribution in [0.1, 0.15) is 19.8 Å². The van der Waals surface area contributed by atoms with Gasteiger partial charge in [0.2, 0.25) is 5.91 Å². The van der Waals surface area contributed by atoms with E-state index in [1.165, 1.54) is 6.92 Å². The number of amides is 2. The van der Waals surface area contributed by atoms with Crippen molar-refractivity contribution < 1.29 is 9.59 Å². The summed E-state index contributed by atoms with van der Waals surface area (Å²) < 4.78 is 0. The van der Waals surface area contributed by atoms with E-state index in [9.17, 15) is 9.59 Å². The van der Waals surface area contributed by atoms with E-state index in [1.54, 1.807) is 0 Å². The minimum atomic E-state index is -0.278. The molecule has 0 aromatic carbocycles. The molecule has 1 aliphatic rings. The van der Waals surface area contributed by atoms with Crippen molar-refractivity contribution in [2.24, 2.45) is 5.73 Å². The Kier molecular flexibility index (Phi) is 4.51. The Hall–Kier alpha value is -1.14. The first-order valence-electron chi connectivity index (χ1n) is 5.13. The molecule has 0 bridgehead atoms. The van der Waals surface area contributed by atoms with Crippen molar-refractivity contribution in [3.8, 4) is 0 Å². The van der Waals surface area contributed by atoms with Gasteiger partial charge >= 0.3 is 0 Å². The van der Waals surface area contributed by atoms with Crippen molar-refractivity contribution in [2.75, 3.05) is 19.6 Å². The average molecular weight is 214 g/mol. The molecular formula is C9H18N4O2. The number of nitrogens with one attached hydrogen (secondary N) is 2. The summed E-state index contributed by atoms with van der Waals surface area (Å²) in [6.45, 7) is 3.11. The molecule has 0 aromatic rings. The Bertz CT molecular complexity index is 244. The van der Waals surface area contributed by atoms with Crippen LogP contribution in [-0.4, -0.2) is 42.4 Å². The van der Waals surface area contributed by atoms with Crippen LogP contribution in [0.5, 0.6) is 0 Å². The largest absolute Gasteiger partial charge is 0.329 e. The van der Waals surface area contributed by atoms with Crippen LogP contribution in [0.4, 0.5) is 0 Å². The van der Waals surface area contributed by atoms with E-state index >= 15 is 0 Å². The van der Waals surface area contributed by atoms with Crippen LogP contribution in [-0.2, 0) is 9.59 Å². The maximum Gasteiger partial charge on any atom is 0.252 e. The maximum atomic E-state index is 11.4. The topological polar surface area (TPSA) is 87.5 Å². The lowest BCUT2D eigenvalue weighted by molar-refractivity contribution is -0.128. The van der Waals surface area contributed by atoms with Crippen molar-refractivity contribution in [3.05, 3.63) is 0 Å². The van der Waals surface area contributed by atoms with Crippen LogP contribution in [0.15, 0.2) is 0 Å². The summed E-state index contributed by atoms with van der Waals surface area (Å²) in [5.41, 5.74) is 10.2. The second-order valence-corrected chi connectivity index (χ2v) is 3.73. The maximum absolute atomic E-state index is 11.4. The number of hydrogen-bond donors (Lipinski definition) is 3. The summed E-state index contributed by atoms with van der Waals surface area (Å²) in [6.07, 6.45) is 2.12. The zero-order valence-corrected chi connectivity index (χ0v) is 8.95. The van der Waals surface area contributed by atoms with Crippen molar-refractivity contribution in [2.45, 2.75) is 25.8 Å². The lowest BCUT2D eigenvalue weighted by Crippen LogP contribution is -2.47. The molecule has 1 fully saturated rings. The molecule has 86 valence electrons. The molecule has 1 rings (SSSR count). The normalized spacial score (nSPS) is 21.3. The first-order chi connectivity index (χ1) is 7.13. The van der Waals surface area contributed by atoms with E-state index in [1.807, 2.05) is 4.90 Å². The molecule has 6 heteroatoms. The summed E-state index contributed by atoms with van der Waals surface area (Å²) >= 11 is 0. The second-order valence-electron chi connectivity index (χ2n) is 3.73. The number of nitrogens with two attached hydrogens (primary N) is 1. The molecule has 1 saturated heterocycles. The summed E-state index contributed by atoms with van der Waals surface area (Å²) in [4.78, 5) is 23.9. The van der Waals surface area contributed by atoms with Crippen LogP contribution in [0, 0.1) is 0 Å². The SMILES string of the molecule is CC(=O)NNC(=O)CN1CCCC1CN. The second kappa shape index (κ2) is 5.67. The van der Waals surface area contributed by atoms with Crippen LogP contribution in [0.3, 0.4) is 0 Å². The number of nitrogens with zero attached hydrogens (tertiary/aromatic N) is 1. The minimum absolute atomic E-state index is 0.203. The Morgan fingerprint density at radius 3 is 2.80 bits per heavy atom. The van der Waals surface area contributed by atoms with E-state index in [4.69, 9.17) is 5.73 Å². The van der Waals surface area contributed by atoms with E-state index < -0.39 is 0 Å². The number of hydrazine groups is 1. The Morgan fingerprint density at radius 2 is 2.20 bits per heavy atom. The van der Waals surface area contributed by atoms with Crippen LogP contribution in [0.25, 0.3) is 0 Å². The average Bonchev–Trinajstić information content (AvgIpc) is 2.62. The zero-order valence-electron chi connectivity index (χ0n) is 8.95. The molecule has 0 radical (unpaired) electrons. The molecule has 2 amide bonds. The Morgan fingerprint density at radius 1 is 1.47 bits per heavy atom. The smallest absolute Gasteiger partial charge is 0.252 e. The van der Waals surface area contributed by atoms with E-state index in [0.29, 0.717) is 19.1 Å². The van der Waals surface area contributed by atoms with Gasteiger partial charge < -0.3 is 5.73 Å². The fraction of sp³-hybridized carbons (Fsp3) is 0.778. The van der Waals surface area contributed by atoms with Crippen molar-refractivity contribution in [1.29, 1.82) is 0 Å². The molecule has 0 aromatic heterocycles. The van der Waals surface area contributed by atoms with Gasteiger partial charge in [0.05, 0.1) is 6.54 Å². The van der Waals surface area contributed by atoms with E-state index in [-0.39, 0.29) is 11.8 Å². The van der Waals surface area contributed by atoms with Gasteiger partial charge in [0.25, 0.3) is 5.91 Å². The predicted octanol–water partition coefficient (Wildman–Crippen LogP) is -1.42. The molecule has 6 nitrogen and oxygen atoms in total. The third-order valence-electron chi connectivity index (χ3n) is 2.50. The quantitative estimate of drug-likeness (QED) is 0.503. The number of carbonyl (C=O) groups is 2. The highest BCUT2D eigenvalue weighted by molar-refractivity contribution is 5.81. The molecule has 4 N–H and O–H groups in total. The molecule has 1 aliphatic heterocycles. The van der Waals surface area contributed by atoms with Gasteiger partial charge in [-0.15, -0.1) is 0 Å². The van der Waals surface area contributed by atoms with Crippen molar-refractivity contribution >= 4 is 11.8 Å². The third kappa shape index (κ3) is 3.85. The van der Waals surface area contributed by atoms with Gasteiger partial charge in [-0.2, -0.15) is 0 Å². The molecular weight excluding hydrogens is 196 g/mol. The van der Waals surface area contributed by atoms with Gasteiger partial charge in [0.15, 0.2) is 0 Å². The van der Waals surface area contributed by atoms with Gasteiger partial charge in [0, 0.05) is 19.5 Å². The first kappa shape index (κ1) is 11.9. The number of rotatable bonds is 3. The van der Waals surface area contributed by atoms with Gasteiger partial charge in [-0.05, 0) is 19.4 Å². The minimum Gasteiger partial charge on any atom is -0.329 e. The van der Waals surface area contributed by atoms with E-state index in [2.05, 4.69) is 10.9 Å². The van der Waals surface area contributed by atoms with Crippen LogP contribution >= 0.6 is 0 Å². The number of hydrogen-bond acceptors (Lipinski definition) is 4. The summed E-state index contributed by atoms with van der Waals surface area (Å²) in [7, 11) is 0. The Balaban J connectivity index is 2.27.